The molecule has 11 heteroatoms. The standard InChI is InChI=1S/C19H24N6O3SSi/c1-23-16-14(17-18(23)21-15(11-26)29-17)9-20-25(19(16)27)10-13-5-6-24(22-13)12-28-7-8-30(2,3)4/h5-6,9,11H,7-8,10,12H2,1-4H3. The Balaban J connectivity index is 1.53. The summed E-state index contributed by atoms with van der Waals surface area (Å²) < 4.78 is 11.4. The van der Waals surface area contributed by atoms with Crippen LogP contribution < -0.4 is 5.56 Å². The van der Waals surface area contributed by atoms with E-state index < -0.39 is 8.07 Å². The lowest BCUT2D eigenvalue weighted by atomic mass is 10.3. The summed E-state index contributed by atoms with van der Waals surface area (Å²) >= 11 is 1.26. The fourth-order valence-electron chi connectivity index (χ4n) is 3.22. The van der Waals surface area contributed by atoms with Crippen LogP contribution in [0.2, 0.25) is 25.7 Å². The molecule has 4 aromatic heterocycles. The van der Waals surface area contributed by atoms with Gasteiger partial charge in [-0.3, -0.25) is 9.59 Å². The minimum absolute atomic E-state index is 0.214. The Bertz CT molecular complexity index is 1280. The number of rotatable bonds is 8. The summed E-state index contributed by atoms with van der Waals surface area (Å²) in [6.45, 7) is 8.34. The average Bonchev–Trinajstić information content (AvgIpc) is 3.37. The van der Waals surface area contributed by atoms with Crippen molar-refractivity contribution in [3.05, 3.63) is 39.5 Å². The Labute approximate surface area is 177 Å². The first-order valence-corrected chi connectivity index (χ1v) is 14.2. The molecule has 0 aliphatic rings. The van der Waals surface area contributed by atoms with Crippen molar-refractivity contribution >= 4 is 46.9 Å². The molecule has 0 aromatic carbocycles. The molecule has 4 aromatic rings. The predicted molar refractivity (Wildman–Crippen MR) is 119 cm³/mol. The first kappa shape index (κ1) is 20.6. The monoisotopic (exact) mass is 444 g/mol. The van der Waals surface area contributed by atoms with Gasteiger partial charge in [-0.15, -0.1) is 11.3 Å². The van der Waals surface area contributed by atoms with Gasteiger partial charge in [0, 0.05) is 33.3 Å². The zero-order valence-electron chi connectivity index (χ0n) is 17.5. The molecular weight excluding hydrogens is 420 g/mol. The number of thiazole rings is 1. The van der Waals surface area contributed by atoms with E-state index in [0.717, 1.165) is 29.3 Å². The number of nitrogens with zero attached hydrogens (tertiary/aromatic N) is 6. The topological polar surface area (TPSA) is 96.8 Å². The molecule has 0 amide bonds. The number of hydrogen-bond acceptors (Lipinski definition) is 7. The van der Waals surface area contributed by atoms with E-state index in [4.69, 9.17) is 4.74 Å². The molecule has 0 saturated heterocycles. The molecule has 0 N–H and O–H groups in total. The number of carbonyl (C=O) groups is 1. The van der Waals surface area contributed by atoms with Crippen LogP contribution in [0.4, 0.5) is 0 Å². The first-order valence-electron chi connectivity index (χ1n) is 9.67. The van der Waals surface area contributed by atoms with E-state index in [-0.39, 0.29) is 12.1 Å². The van der Waals surface area contributed by atoms with Gasteiger partial charge in [0.15, 0.2) is 16.9 Å². The Morgan fingerprint density at radius 2 is 2.10 bits per heavy atom. The van der Waals surface area contributed by atoms with E-state index in [1.807, 2.05) is 12.3 Å². The largest absolute Gasteiger partial charge is 0.360 e. The highest BCUT2D eigenvalue weighted by molar-refractivity contribution is 7.21. The second-order valence-electron chi connectivity index (χ2n) is 8.45. The predicted octanol–water partition coefficient (Wildman–Crippen LogP) is 2.71. The lowest BCUT2D eigenvalue weighted by Gasteiger charge is -2.15. The maximum absolute atomic E-state index is 13.0. The number of hydrogen-bond donors (Lipinski definition) is 0. The Morgan fingerprint density at radius 3 is 2.83 bits per heavy atom. The second-order valence-corrected chi connectivity index (χ2v) is 15.1. The molecule has 0 fully saturated rings. The maximum Gasteiger partial charge on any atom is 0.291 e. The molecule has 0 aliphatic carbocycles. The van der Waals surface area contributed by atoms with Gasteiger partial charge in [0.25, 0.3) is 5.56 Å². The molecule has 0 unspecified atom stereocenters. The molecule has 30 heavy (non-hydrogen) atoms. The summed E-state index contributed by atoms with van der Waals surface area (Å²) in [7, 11) is 0.663. The molecule has 0 saturated carbocycles. The van der Waals surface area contributed by atoms with Crippen LogP contribution in [0.3, 0.4) is 0 Å². The molecule has 0 radical (unpaired) electrons. The Hall–Kier alpha value is -2.63. The van der Waals surface area contributed by atoms with Gasteiger partial charge in [-0.05, 0) is 12.1 Å². The van der Waals surface area contributed by atoms with Gasteiger partial charge < -0.3 is 9.30 Å². The fourth-order valence-corrected chi connectivity index (χ4v) is 4.90. The Morgan fingerprint density at radius 1 is 1.30 bits per heavy atom. The minimum atomic E-state index is -1.11. The number of carbonyl (C=O) groups excluding carboxylic acids is 1. The zero-order chi connectivity index (χ0) is 21.5. The highest BCUT2D eigenvalue weighted by atomic mass is 32.1. The van der Waals surface area contributed by atoms with Gasteiger partial charge in [-0.1, -0.05) is 19.6 Å². The van der Waals surface area contributed by atoms with Crippen LogP contribution in [0.15, 0.2) is 23.3 Å². The van der Waals surface area contributed by atoms with Gasteiger partial charge >= 0.3 is 0 Å². The number of fused-ring (bicyclic) bond motifs is 3. The maximum atomic E-state index is 13.0. The van der Waals surface area contributed by atoms with E-state index in [0.29, 0.717) is 28.3 Å². The molecule has 0 aliphatic heterocycles. The van der Waals surface area contributed by atoms with Crippen LogP contribution in [0.1, 0.15) is 15.5 Å². The third-order valence-corrected chi connectivity index (χ3v) is 7.58. The molecule has 158 valence electrons. The van der Waals surface area contributed by atoms with Crippen molar-refractivity contribution in [2.75, 3.05) is 6.61 Å². The molecule has 4 rings (SSSR count). The summed E-state index contributed by atoms with van der Waals surface area (Å²) in [5, 5.41) is 9.90. The third-order valence-electron chi connectivity index (χ3n) is 4.87. The zero-order valence-corrected chi connectivity index (χ0v) is 19.3. The third kappa shape index (κ3) is 4.00. The van der Waals surface area contributed by atoms with Crippen LogP contribution in [-0.2, 0) is 25.1 Å². The highest BCUT2D eigenvalue weighted by Crippen LogP contribution is 2.29. The van der Waals surface area contributed by atoms with Gasteiger partial charge in [0.05, 0.1) is 23.1 Å². The molecule has 9 nitrogen and oxygen atoms in total. The summed E-state index contributed by atoms with van der Waals surface area (Å²) in [5.41, 5.74) is 1.66. The first-order chi connectivity index (χ1) is 14.3. The van der Waals surface area contributed by atoms with E-state index >= 15 is 0 Å². The van der Waals surface area contributed by atoms with Crippen molar-refractivity contribution in [3.8, 4) is 0 Å². The number of aryl methyl sites for hydroxylation is 1. The fraction of sp³-hybridized carbons (Fsp3) is 0.421. The van der Waals surface area contributed by atoms with Gasteiger partial charge in [-0.2, -0.15) is 10.2 Å². The van der Waals surface area contributed by atoms with Crippen LogP contribution in [0.5, 0.6) is 0 Å². The number of aromatic nitrogens is 6. The summed E-state index contributed by atoms with van der Waals surface area (Å²) in [5.74, 6) is 0. The van der Waals surface area contributed by atoms with Crippen LogP contribution >= 0.6 is 11.3 Å². The smallest absolute Gasteiger partial charge is 0.291 e. The van der Waals surface area contributed by atoms with E-state index in [2.05, 4.69) is 34.8 Å². The van der Waals surface area contributed by atoms with Crippen molar-refractivity contribution in [3.63, 3.8) is 0 Å². The van der Waals surface area contributed by atoms with Crippen molar-refractivity contribution < 1.29 is 9.53 Å². The number of ether oxygens (including phenoxy) is 1. The normalized spacial score (nSPS) is 12.3. The molecule has 4 heterocycles. The molecule has 0 bridgehead atoms. The Kier molecular flexibility index (Phi) is 5.43. The molecule has 0 atom stereocenters. The SMILES string of the molecule is Cn1c2nc(C=O)sc2c2cnn(Cc3ccn(COCC[Si](C)(C)C)n3)c(=O)c21. The average molecular weight is 445 g/mol. The van der Waals surface area contributed by atoms with Crippen LogP contribution in [0.25, 0.3) is 21.3 Å². The number of aldehydes is 1. The van der Waals surface area contributed by atoms with Gasteiger partial charge in [0.1, 0.15) is 12.2 Å². The van der Waals surface area contributed by atoms with Gasteiger partial charge in [0.2, 0.25) is 0 Å². The summed E-state index contributed by atoms with van der Waals surface area (Å²) in [4.78, 5) is 28.3. The lowest BCUT2D eigenvalue weighted by molar-refractivity contribution is 0.0782. The van der Waals surface area contributed by atoms with Crippen molar-refractivity contribution in [1.82, 2.24) is 29.1 Å². The van der Waals surface area contributed by atoms with Gasteiger partial charge in [-0.25, -0.2) is 14.3 Å². The van der Waals surface area contributed by atoms with E-state index in [9.17, 15) is 9.59 Å². The summed E-state index contributed by atoms with van der Waals surface area (Å²) in [6.07, 6.45) is 4.22. The van der Waals surface area contributed by atoms with Crippen LogP contribution in [-0.4, -0.2) is 50.1 Å². The van der Waals surface area contributed by atoms with Crippen molar-refractivity contribution in [1.29, 1.82) is 0 Å². The van der Waals surface area contributed by atoms with E-state index in [1.54, 1.807) is 22.5 Å². The van der Waals surface area contributed by atoms with Crippen molar-refractivity contribution in [2.24, 2.45) is 7.05 Å². The lowest BCUT2D eigenvalue weighted by Crippen LogP contribution is -2.25. The van der Waals surface area contributed by atoms with Crippen molar-refractivity contribution in [2.45, 2.75) is 39.0 Å². The minimum Gasteiger partial charge on any atom is -0.360 e. The quantitative estimate of drug-likeness (QED) is 0.235. The van der Waals surface area contributed by atoms with E-state index in [1.165, 1.54) is 16.0 Å². The second kappa shape index (κ2) is 7.89. The highest BCUT2D eigenvalue weighted by Gasteiger charge is 2.18. The summed E-state index contributed by atoms with van der Waals surface area (Å²) in [6, 6.07) is 2.97. The van der Waals surface area contributed by atoms with Crippen LogP contribution in [0, 0.1) is 0 Å². The molecule has 0 spiro atoms. The molecular formula is C19H24N6O3SSi.